The molecule has 0 aromatic carbocycles. The molecule has 1 aliphatic rings. The molecule has 1 fully saturated rings. The number of hydrogen-bond acceptors (Lipinski definition) is 7. The molecule has 0 saturated carbocycles. The Labute approximate surface area is 123 Å². The van der Waals surface area contributed by atoms with E-state index in [0.717, 1.165) is 0 Å². The zero-order chi connectivity index (χ0) is 15.5. The quantitative estimate of drug-likeness (QED) is 0.741. The predicted molar refractivity (Wildman–Crippen MR) is 73.9 cm³/mol. The molecule has 2 rings (SSSR count). The fourth-order valence-corrected chi connectivity index (χ4v) is 3.81. The van der Waals surface area contributed by atoms with Gasteiger partial charge in [-0.05, 0) is 13.8 Å². The fourth-order valence-electron chi connectivity index (χ4n) is 2.21. The monoisotopic (exact) mass is 317 g/mol. The Balaban J connectivity index is 2.17. The minimum Gasteiger partial charge on any atom is -0.465 e. The molecule has 21 heavy (non-hydrogen) atoms. The Morgan fingerprint density at radius 2 is 2.38 bits per heavy atom. The van der Waals surface area contributed by atoms with E-state index in [1.54, 1.807) is 19.9 Å². The molecule has 0 spiro atoms. The lowest BCUT2D eigenvalue weighted by Crippen LogP contribution is -2.57. The van der Waals surface area contributed by atoms with Gasteiger partial charge >= 0.3 is 5.97 Å². The predicted octanol–water partition coefficient (Wildman–Crippen LogP) is -0.350. The molecule has 2 heterocycles. The van der Waals surface area contributed by atoms with E-state index in [4.69, 9.17) is 9.26 Å². The third-order valence-corrected chi connectivity index (χ3v) is 4.93. The first kappa shape index (κ1) is 15.9. The largest absolute Gasteiger partial charge is 0.465 e. The number of hydrogen-bond donors (Lipinski definition) is 1. The van der Waals surface area contributed by atoms with Gasteiger partial charge in [-0.25, -0.2) is 8.42 Å². The maximum atomic E-state index is 12.5. The number of nitrogens with one attached hydrogen (secondary N) is 1. The highest BCUT2D eigenvalue weighted by Crippen LogP contribution is 2.16. The van der Waals surface area contributed by atoms with Gasteiger partial charge in [0.1, 0.15) is 23.2 Å². The summed E-state index contributed by atoms with van der Waals surface area (Å²) >= 11 is 0. The van der Waals surface area contributed by atoms with Crippen molar-refractivity contribution >= 4 is 16.0 Å². The van der Waals surface area contributed by atoms with Crippen LogP contribution in [0.3, 0.4) is 0 Å². The Morgan fingerprint density at radius 1 is 1.62 bits per heavy atom. The van der Waals surface area contributed by atoms with Crippen LogP contribution in [0.25, 0.3) is 0 Å². The maximum absolute atomic E-state index is 12.5. The van der Waals surface area contributed by atoms with E-state index in [0.29, 0.717) is 18.0 Å². The zero-order valence-electron chi connectivity index (χ0n) is 12.0. The van der Waals surface area contributed by atoms with Gasteiger partial charge in [-0.2, -0.15) is 4.31 Å². The smallest absolute Gasteiger partial charge is 0.325 e. The van der Waals surface area contributed by atoms with Gasteiger partial charge in [0.15, 0.2) is 0 Å². The first-order valence-electron chi connectivity index (χ1n) is 6.73. The second-order valence-electron chi connectivity index (χ2n) is 4.77. The number of carbonyl (C=O) groups excluding carboxylic acids is 1. The van der Waals surface area contributed by atoms with Gasteiger partial charge in [-0.3, -0.25) is 4.79 Å². The summed E-state index contributed by atoms with van der Waals surface area (Å²) in [6.45, 7) is 4.55. The normalized spacial score (nSPS) is 20.4. The molecule has 9 heteroatoms. The van der Waals surface area contributed by atoms with Crippen molar-refractivity contribution in [2.45, 2.75) is 25.6 Å². The molecule has 0 bridgehead atoms. The molecule has 118 valence electrons. The summed E-state index contributed by atoms with van der Waals surface area (Å²) in [5.41, 5.74) is 0.327. The number of aromatic nitrogens is 1. The summed E-state index contributed by atoms with van der Waals surface area (Å²) in [6.07, 6.45) is 0. The molecule has 0 aliphatic carbocycles. The van der Waals surface area contributed by atoms with Gasteiger partial charge in [0.05, 0.1) is 6.61 Å². The second kappa shape index (κ2) is 6.54. The van der Waals surface area contributed by atoms with Crippen molar-refractivity contribution in [3.05, 3.63) is 17.5 Å². The van der Waals surface area contributed by atoms with Gasteiger partial charge in [-0.1, -0.05) is 5.16 Å². The number of ether oxygens (including phenoxy) is 1. The standard InChI is InChI=1S/C12H19N3O5S/c1-3-19-12(16)11-7-13-4-5-15(11)21(17,18)8-10-6-9(2)20-14-10/h6,11,13H,3-5,7-8H2,1-2H3. The Hall–Kier alpha value is -1.45. The summed E-state index contributed by atoms with van der Waals surface area (Å²) in [7, 11) is -3.67. The highest BCUT2D eigenvalue weighted by molar-refractivity contribution is 7.88. The van der Waals surface area contributed by atoms with Crippen LogP contribution in [0.1, 0.15) is 18.4 Å². The Bertz CT molecular complexity index is 598. The molecular formula is C12H19N3O5S. The molecule has 1 aromatic rings. The summed E-state index contributed by atoms with van der Waals surface area (Å²) in [6, 6.07) is 0.732. The molecule has 0 radical (unpaired) electrons. The number of nitrogens with zero attached hydrogens (tertiary/aromatic N) is 2. The first-order valence-corrected chi connectivity index (χ1v) is 8.34. The van der Waals surface area contributed by atoms with Crippen LogP contribution in [0.4, 0.5) is 0 Å². The lowest BCUT2D eigenvalue weighted by Gasteiger charge is -2.33. The third kappa shape index (κ3) is 3.80. The molecule has 1 saturated heterocycles. The fraction of sp³-hybridized carbons (Fsp3) is 0.667. The van der Waals surface area contributed by atoms with Crippen molar-refractivity contribution in [1.82, 2.24) is 14.8 Å². The average Bonchev–Trinajstić information content (AvgIpc) is 2.83. The van der Waals surface area contributed by atoms with Crippen molar-refractivity contribution in [3.63, 3.8) is 0 Å². The Morgan fingerprint density at radius 3 is 3.00 bits per heavy atom. The maximum Gasteiger partial charge on any atom is 0.325 e. The van der Waals surface area contributed by atoms with Gasteiger partial charge in [0, 0.05) is 25.7 Å². The second-order valence-corrected chi connectivity index (χ2v) is 6.69. The van der Waals surface area contributed by atoms with Gasteiger partial charge in [-0.15, -0.1) is 0 Å². The van der Waals surface area contributed by atoms with E-state index in [-0.39, 0.29) is 25.4 Å². The summed E-state index contributed by atoms with van der Waals surface area (Å²) in [5, 5.41) is 6.69. The molecule has 1 unspecified atom stereocenters. The zero-order valence-corrected chi connectivity index (χ0v) is 12.9. The minimum atomic E-state index is -3.67. The molecule has 0 amide bonds. The number of piperazine rings is 1. The van der Waals surface area contributed by atoms with E-state index >= 15 is 0 Å². The highest BCUT2D eigenvalue weighted by Gasteiger charge is 2.38. The van der Waals surface area contributed by atoms with Crippen LogP contribution >= 0.6 is 0 Å². The number of carbonyl (C=O) groups is 1. The average molecular weight is 317 g/mol. The van der Waals surface area contributed by atoms with Crippen LogP contribution in [0.5, 0.6) is 0 Å². The SMILES string of the molecule is CCOC(=O)C1CNCCN1S(=O)(=O)Cc1cc(C)on1. The van der Waals surface area contributed by atoms with Crippen LogP contribution in [0, 0.1) is 6.92 Å². The Kier molecular flexibility index (Phi) is 4.96. The molecule has 1 N–H and O–H groups in total. The highest BCUT2D eigenvalue weighted by atomic mass is 32.2. The number of aryl methyl sites for hydroxylation is 1. The topological polar surface area (TPSA) is 102 Å². The van der Waals surface area contributed by atoms with E-state index in [1.165, 1.54) is 4.31 Å². The van der Waals surface area contributed by atoms with Crippen molar-refractivity contribution < 1.29 is 22.5 Å². The minimum absolute atomic E-state index is 0.214. The van der Waals surface area contributed by atoms with Crippen LogP contribution in [0.15, 0.2) is 10.6 Å². The first-order chi connectivity index (χ1) is 9.94. The van der Waals surface area contributed by atoms with Crippen LogP contribution in [-0.2, 0) is 25.3 Å². The molecule has 1 atom stereocenters. The molecule has 1 aromatic heterocycles. The van der Waals surface area contributed by atoms with E-state index < -0.39 is 22.0 Å². The van der Waals surface area contributed by atoms with Crippen molar-refractivity contribution in [3.8, 4) is 0 Å². The van der Waals surface area contributed by atoms with Gasteiger partial charge < -0.3 is 14.6 Å². The van der Waals surface area contributed by atoms with Crippen molar-refractivity contribution in [2.75, 3.05) is 26.2 Å². The van der Waals surface area contributed by atoms with Crippen LogP contribution in [-0.4, -0.2) is 56.1 Å². The van der Waals surface area contributed by atoms with Crippen molar-refractivity contribution in [2.24, 2.45) is 0 Å². The summed E-state index contributed by atoms with van der Waals surface area (Å²) in [5.74, 6) is -0.285. The summed E-state index contributed by atoms with van der Waals surface area (Å²) in [4.78, 5) is 11.9. The van der Waals surface area contributed by atoms with E-state index in [1.807, 2.05) is 0 Å². The van der Waals surface area contributed by atoms with Crippen LogP contribution in [0.2, 0.25) is 0 Å². The van der Waals surface area contributed by atoms with E-state index in [2.05, 4.69) is 10.5 Å². The number of sulfonamides is 1. The lowest BCUT2D eigenvalue weighted by atomic mass is 10.2. The van der Waals surface area contributed by atoms with Crippen molar-refractivity contribution in [1.29, 1.82) is 0 Å². The third-order valence-electron chi connectivity index (χ3n) is 3.12. The molecule has 1 aliphatic heterocycles. The number of rotatable bonds is 5. The van der Waals surface area contributed by atoms with E-state index in [9.17, 15) is 13.2 Å². The summed E-state index contributed by atoms with van der Waals surface area (Å²) < 4.78 is 36.0. The van der Waals surface area contributed by atoms with Gasteiger partial charge in [0.25, 0.3) is 0 Å². The van der Waals surface area contributed by atoms with Crippen LogP contribution < -0.4 is 5.32 Å². The lowest BCUT2D eigenvalue weighted by molar-refractivity contribution is -0.148. The molecular weight excluding hydrogens is 298 g/mol. The number of esters is 1. The molecule has 8 nitrogen and oxygen atoms in total. The van der Waals surface area contributed by atoms with Gasteiger partial charge in [0.2, 0.25) is 10.0 Å².